The minimum Gasteiger partial charge on any atom is -0.468 e. The molecule has 5 saturated carbocycles. The van der Waals surface area contributed by atoms with Gasteiger partial charge in [-0.2, -0.15) is 0 Å². The largest absolute Gasteiger partial charge is 0.468 e. The van der Waals surface area contributed by atoms with Crippen LogP contribution in [0.5, 0.6) is 0 Å². The topological polar surface area (TPSA) is 67.9 Å². The molecule has 32 heavy (non-hydrogen) atoms. The van der Waals surface area contributed by atoms with Crippen LogP contribution in [0.4, 0.5) is 0 Å². The maximum absolute atomic E-state index is 13.7. The van der Waals surface area contributed by atoms with E-state index in [1.165, 1.54) is 24.8 Å². The minimum absolute atomic E-state index is 0.0722. The Morgan fingerprint density at radius 1 is 0.969 bits per heavy atom. The van der Waals surface area contributed by atoms with Gasteiger partial charge >= 0.3 is 11.9 Å². The second-order valence-electron chi connectivity index (χ2n) is 11.1. The number of rotatable bonds is 4. The van der Waals surface area contributed by atoms with Gasteiger partial charge in [0, 0.05) is 28.0 Å². The summed E-state index contributed by atoms with van der Waals surface area (Å²) < 4.78 is 11.1. The number of esters is 2. The number of piperidine rings is 1. The first kappa shape index (κ1) is 18.8. The van der Waals surface area contributed by atoms with E-state index in [0.717, 1.165) is 6.42 Å². The average molecular weight is 453 g/mol. The molecule has 1 aromatic rings. The maximum atomic E-state index is 13.7. The van der Waals surface area contributed by atoms with E-state index in [9.17, 15) is 9.59 Å². The number of benzene rings is 1. The molecule has 10 bridgehead atoms. The van der Waals surface area contributed by atoms with E-state index in [0.29, 0.717) is 35.0 Å². The Kier molecular flexibility index (Phi) is 3.37. The average Bonchev–Trinajstić information content (AvgIpc) is 3.62. The predicted molar refractivity (Wildman–Crippen MR) is 116 cm³/mol. The summed E-state index contributed by atoms with van der Waals surface area (Å²) >= 11 is 1.95. The first-order valence-corrected chi connectivity index (χ1v) is 12.9. The standard InChI is InChI=1S/C25H28N2O4S/c1-30-22(28)24-16-11-8-9-12(10-11)17(16)25(23(29)31-2)19-15-20(27(25)26-24)14(18(19)24)21(15)32-13-6-4-3-5-7-13/h3-7,11-12,14-21,26H,8-10H2,1-2H3/t11-,12+,14-,15+,16+,17-,18-,19+,20?,21-,24+,25-/m1/s1. The van der Waals surface area contributed by atoms with E-state index in [-0.39, 0.29) is 35.6 Å². The summed E-state index contributed by atoms with van der Waals surface area (Å²) in [5.74, 6) is 2.35. The Balaban J connectivity index is 1.32. The van der Waals surface area contributed by atoms with Crippen LogP contribution in [0, 0.1) is 47.3 Å². The summed E-state index contributed by atoms with van der Waals surface area (Å²) in [5.41, 5.74) is 2.42. The summed E-state index contributed by atoms with van der Waals surface area (Å²) in [4.78, 5) is 28.7. The van der Waals surface area contributed by atoms with Crippen molar-refractivity contribution in [2.75, 3.05) is 14.2 Å². The van der Waals surface area contributed by atoms with Crippen LogP contribution in [0.15, 0.2) is 35.2 Å². The lowest BCUT2D eigenvalue weighted by atomic mass is 9.45. The predicted octanol–water partition coefficient (Wildman–Crippen LogP) is 2.34. The quantitative estimate of drug-likeness (QED) is 0.704. The summed E-state index contributed by atoms with van der Waals surface area (Å²) in [6.07, 6.45) is 3.48. The Morgan fingerprint density at radius 2 is 1.66 bits per heavy atom. The molecule has 0 amide bonds. The van der Waals surface area contributed by atoms with E-state index < -0.39 is 11.1 Å². The summed E-state index contributed by atoms with van der Waals surface area (Å²) in [6, 6.07) is 10.9. The van der Waals surface area contributed by atoms with Gasteiger partial charge in [0.15, 0.2) is 0 Å². The van der Waals surface area contributed by atoms with Gasteiger partial charge in [0.05, 0.1) is 14.2 Å². The molecule has 2 unspecified atom stereocenters. The normalized spacial score (nSPS) is 56.2. The highest BCUT2D eigenvalue weighted by molar-refractivity contribution is 8.00. The number of carbonyl (C=O) groups excluding carboxylic acids is 2. The molecule has 1 N–H and O–H groups in total. The van der Waals surface area contributed by atoms with Crippen LogP contribution in [-0.2, 0) is 19.1 Å². The van der Waals surface area contributed by atoms with Gasteiger partial charge in [-0.1, -0.05) is 18.2 Å². The third-order valence-electron chi connectivity index (χ3n) is 10.8. The van der Waals surface area contributed by atoms with E-state index in [1.54, 1.807) is 7.11 Å². The zero-order valence-corrected chi connectivity index (χ0v) is 19.1. The molecule has 4 saturated heterocycles. The summed E-state index contributed by atoms with van der Waals surface area (Å²) in [6.45, 7) is 0. The third kappa shape index (κ3) is 1.63. The van der Waals surface area contributed by atoms with Crippen molar-refractivity contribution in [3.05, 3.63) is 30.3 Å². The van der Waals surface area contributed by atoms with Gasteiger partial charge in [0.25, 0.3) is 0 Å². The lowest BCUT2D eigenvalue weighted by molar-refractivity contribution is -0.274. The van der Waals surface area contributed by atoms with Crippen molar-refractivity contribution in [1.29, 1.82) is 0 Å². The van der Waals surface area contributed by atoms with Crippen LogP contribution in [0.2, 0.25) is 0 Å². The summed E-state index contributed by atoms with van der Waals surface area (Å²) in [5, 5.41) is 2.70. The van der Waals surface area contributed by atoms with Crippen molar-refractivity contribution in [2.24, 2.45) is 47.3 Å². The first-order chi connectivity index (χ1) is 15.6. The lowest BCUT2D eigenvalue weighted by Gasteiger charge is -2.72. The van der Waals surface area contributed by atoms with Crippen molar-refractivity contribution >= 4 is 23.7 Å². The molecule has 0 spiro atoms. The molecule has 7 heteroatoms. The number of nitrogens with one attached hydrogen (secondary N) is 1. The van der Waals surface area contributed by atoms with Crippen LogP contribution in [0.25, 0.3) is 0 Å². The Hall–Kier alpha value is -1.57. The number of methoxy groups -OCH3 is 2. The van der Waals surface area contributed by atoms with Crippen molar-refractivity contribution in [2.45, 2.75) is 46.5 Å². The molecule has 5 aliphatic carbocycles. The van der Waals surface area contributed by atoms with Crippen molar-refractivity contribution < 1.29 is 19.1 Å². The number of hydrogen-bond donors (Lipinski definition) is 1. The molecule has 9 aliphatic rings. The van der Waals surface area contributed by atoms with Crippen LogP contribution >= 0.6 is 11.8 Å². The number of ether oxygens (including phenoxy) is 2. The zero-order chi connectivity index (χ0) is 21.6. The van der Waals surface area contributed by atoms with Crippen LogP contribution in [-0.4, -0.2) is 53.5 Å². The van der Waals surface area contributed by atoms with Crippen molar-refractivity contribution in [3.8, 4) is 0 Å². The molecular weight excluding hydrogens is 424 g/mol. The highest BCUT2D eigenvalue weighted by atomic mass is 32.2. The number of thioether (sulfide) groups is 1. The Labute approximate surface area is 191 Å². The van der Waals surface area contributed by atoms with Crippen LogP contribution < -0.4 is 5.43 Å². The lowest BCUT2D eigenvalue weighted by Crippen LogP contribution is -2.91. The van der Waals surface area contributed by atoms with Gasteiger partial charge in [-0.3, -0.25) is 0 Å². The molecule has 13 atom stereocenters. The number of hydrazine groups is 1. The van der Waals surface area contributed by atoms with Crippen LogP contribution in [0.3, 0.4) is 0 Å². The number of carbonyl (C=O) groups is 2. The molecule has 4 heterocycles. The molecule has 4 aliphatic heterocycles. The SMILES string of the molecule is COC(=O)[C@@]12NN3C4[C@@H]5[C@@H](Sc6ccccc6)[C@H]4[C@@H]([C@@H]51)[C@@]3(C(=O)OC)[C@@H]1[C@H]3CC[C@H](C3)[C@@H]12. The third-order valence-corrected chi connectivity index (χ3v) is 12.2. The smallest absolute Gasteiger partial charge is 0.328 e. The first-order valence-electron chi connectivity index (χ1n) is 12.1. The fourth-order valence-corrected chi connectivity index (χ4v) is 12.1. The van der Waals surface area contributed by atoms with Gasteiger partial charge in [-0.05, 0) is 66.9 Å². The second kappa shape index (κ2) is 5.73. The highest BCUT2D eigenvalue weighted by Gasteiger charge is 2.95. The number of fused-ring (bicyclic) bond motifs is 2. The van der Waals surface area contributed by atoms with Gasteiger partial charge < -0.3 is 9.47 Å². The number of nitrogens with zero attached hydrogens (tertiary/aromatic N) is 1. The highest BCUT2D eigenvalue weighted by Crippen LogP contribution is 2.84. The molecule has 1 aromatic carbocycles. The zero-order valence-electron chi connectivity index (χ0n) is 18.3. The molecule has 6 nitrogen and oxygen atoms in total. The van der Waals surface area contributed by atoms with Gasteiger partial charge in [0.1, 0.15) is 11.1 Å². The maximum Gasteiger partial charge on any atom is 0.328 e. The van der Waals surface area contributed by atoms with Gasteiger partial charge in [-0.25, -0.2) is 20.0 Å². The molecule has 0 radical (unpaired) electrons. The molecule has 9 fully saturated rings. The molecule has 10 rings (SSSR count). The second-order valence-corrected chi connectivity index (χ2v) is 12.4. The van der Waals surface area contributed by atoms with Gasteiger partial charge in [-0.15, -0.1) is 11.8 Å². The fourth-order valence-electron chi connectivity index (χ4n) is 10.5. The monoisotopic (exact) mass is 452 g/mol. The van der Waals surface area contributed by atoms with E-state index in [4.69, 9.17) is 9.47 Å². The van der Waals surface area contributed by atoms with Crippen molar-refractivity contribution in [1.82, 2.24) is 10.4 Å². The van der Waals surface area contributed by atoms with E-state index in [2.05, 4.69) is 40.8 Å². The Bertz CT molecular complexity index is 1040. The van der Waals surface area contributed by atoms with E-state index >= 15 is 0 Å². The number of hydrogen-bond acceptors (Lipinski definition) is 7. The van der Waals surface area contributed by atoms with Crippen molar-refractivity contribution in [3.63, 3.8) is 0 Å². The van der Waals surface area contributed by atoms with Crippen LogP contribution in [0.1, 0.15) is 19.3 Å². The Morgan fingerprint density at radius 3 is 2.38 bits per heavy atom. The molecule has 0 aromatic heterocycles. The fraction of sp³-hybridized carbons (Fsp3) is 0.680. The molecule has 168 valence electrons. The minimum atomic E-state index is -0.679. The summed E-state index contributed by atoms with van der Waals surface area (Å²) in [7, 11) is 3.08. The van der Waals surface area contributed by atoms with Gasteiger partial charge in [0.2, 0.25) is 0 Å². The van der Waals surface area contributed by atoms with E-state index in [1.807, 2.05) is 11.8 Å². The molecular formula is C25H28N2O4S.